The predicted octanol–water partition coefficient (Wildman–Crippen LogP) is 0.110. The molecule has 0 aliphatic rings. The standard InChI is InChI=1S/C15H13FN2O6/c1-23-12-3-2-9(6-10(12)16)11(19)8-24-14(21)7-18-5-4-13(20)17-15(18)22/h2-6H,7-8H2,1H3,(H,17,20,22). The number of methoxy groups -OCH3 is 1. The highest BCUT2D eigenvalue weighted by Crippen LogP contribution is 2.17. The lowest BCUT2D eigenvalue weighted by molar-refractivity contribution is -0.143. The number of Topliss-reactive ketones (excluding diaryl/α,β-unsaturated/α-hetero) is 1. The van der Waals surface area contributed by atoms with Gasteiger partial charge in [0, 0.05) is 17.8 Å². The Bertz CT molecular complexity index is 886. The second kappa shape index (κ2) is 7.36. The number of ketones is 1. The second-order valence-electron chi connectivity index (χ2n) is 4.67. The van der Waals surface area contributed by atoms with Crippen LogP contribution in [0.1, 0.15) is 10.4 Å². The molecule has 0 radical (unpaired) electrons. The van der Waals surface area contributed by atoms with Crippen LogP contribution in [0.3, 0.4) is 0 Å². The molecule has 0 bridgehead atoms. The van der Waals surface area contributed by atoms with Gasteiger partial charge in [0.2, 0.25) is 0 Å². The van der Waals surface area contributed by atoms with Gasteiger partial charge in [0.15, 0.2) is 24.0 Å². The number of nitrogens with zero attached hydrogens (tertiary/aromatic N) is 1. The van der Waals surface area contributed by atoms with Crippen LogP contribution >= 0.6 is 0 Å². The molecule has 0 aliphatic carbocycles. The number of benzene rings is 1. The number of rotatable bonds is 6. The maximum atomic E-state index is 13.5. The summed E-state index contributed by atoms with van der Waals surface area (Å²) in [6.45, 7) is -1.08. The molecule has 2 aromatic rings. The van der Waals surface area contributed by atoms with Crippen molar-refractivity contribution < 1.29 is 23.5 Å². The molecular weight excluding hydrogens is 323 g/mol. The summed E-state index contributed by atoms with van der Waals surface area (Å²) in [5, 5.41) is 0. The first-order valence-corrected chi connectivity index (χ1v) is 6.73. The number of carbonyl (C=O) groups is 2. The van der Waals surface area contributed by atoms with Crippen molar-refractivity contribution in [3.8, 4) is 5.75 Å². The zero-order chi connectivity index (χ0) is 17.7. The number of H-pyrrole nitrogens is 1. The Morgan fingerprint density at radius 3 is 2.62 bits per heavy atom. The molecule has 0 spiro atoms. The average Bonchev–Trinajstić information content (AvgIpc) is 2.55. The Labute approximate surface area is 134 Å². The fraction of sp³-hybridized carbons (Fsp3) is 0.200. The topological polar surface area (TPSA) is 107 Å². The molecule has 0 aliphatic heterocycles. The number of esters is 1. The third kappa shape index (κ3) is 4.15. The SMILES string of the molecule is COc1ccc(C(=O)COC(=O)Cn2ccc(=O)[nH]c2=O)cc1F. The minimum absolute atomic E-state index is 0.0130. The quantitative estimate of drug-likeness (QED) is 0.593. The van der Waals surface area contributed by atoms with Crippen molar-refractivity contribution in [3.05, 3.63) is 62.7 Å². The van der Waals surface area contributed by atoms with Crippen LogP contribution in [-0.4, -0.2) is 35.0 Å². The monoisotopic (exact) mass is 336 g/mol. The van der Waals surface area contributed by atoms with Crippen LogP contribution in [0.2, 0.25) is 0 Å². The van der Waals surface area contributed by atoms with E-state index in [2.05, 4.69) is 0 Å². The number of hydrogen-bond donors (Lipinski definition) is 1. The van der Waals surface area contributed by atoms with E-state index >= 15 is 0 Å². The van der Waals surface area contributed by atoms with Crippen molar-refractivity contribution in [2.24, 2.45) is 0 Å². The number of nitrogens with one attached hydrogen (secondary N) is 1. The first-order valence-electron chi connectivity index (χ1n) is 6.73. The summed E-state index contributed by atoms with van der Waals surface area (Å²) in [6, 6.07) is 4.66. The van der Waals surface area contributed by atoms with E-state index in [1.807, 2.05) is 4.98 Å². The van der Waals surface area contributed by atoms with Crippen molar-refractivity contribution in [1.82, 2.24) is 9.55 Å². The van der Waals surface area contributed by atoms with Crippen LogP contribution in [0, 0.1) is 5.82 Å². The molecule has 8 nitrogen and oxygen atoms in total. The zero-order valence-corrected chi connectivity index (χ0v) is 12.6. The summed E-state index contributed by atoms with van der Waals surface area (Å²) in [7, 11) is 1.29. The van der Waals surface area contributed by atoms with Gasteiger partial charge in [-0.2, -0.15) is 0 Å². The third-order valence-corrected chi connectivity index (χ3v) is 3.03. The Morgan fingerprint density at radius 2 is 2.00 bits per heavy atom. The number of ether oxygens (including phenoxy) is 2. The molecule has 0 unspecified atom stereocenters. The number of aromatic amines is 1. The third-order valence-electron chi connectivity index (χ3n) is 3.03. The van der Waals surface area contributed by atoms with Crippen LogP contribution in [0.25, 0.3) is 0 Å². The zero-order valence-electron chi connectivity index (χ0n) is 12.6. The number of halogens is 1. The number of aromatic nitrogens is 2. The lowest BCUT2D eigenvalue weighted by Gasteiger charge is -2.07. The number of hydrogen-bond acceptors (Lipinski definition) is 6. The molecule has 0 amide bonds. The minimum Gasteiger partial charge on any atom is -0.494 e. The van der Waals surface area contributed by atoms with Crippen molar-refractivity contribution >= 4 is 11.8 Å². The van der Waals surface area contributed by atoms with E-state index in [-0.39, 0.29) is 11.3 Å². The highest BCUT2D eigenvalue weighted by atomic mass is 19.1. The molecule has 1 aromatic carbocycles. The molecule has 1 N–H and O–H groups in total. The Hall–Kier alpha value is -3.23. The van der Waals surface area contributed by atoms with Crippen LogP contribution < -0.4 is 16.0 Å². The summed E-state index contributed by atoms with van der Waals surface area (Å²) < 4.78 is 23.9. The summed E-state index contributed by atoms with van der Waals surface area (Å²) in [5.74, 6) is -2.19. The Kier molecular flexibility index (Phi) is 5.25. The van der Waals surface area contributed by atoms with E-state index in [1.165, 1.54) is 19.2 Å². The van der Waals surface area contributed by atoms with Crippen molar-refractivity contribution in [1.29, 1.82) is 0 Å². The van der Waals surface area contributed by atoms with Gasteiger partial charge >= 0.3 is 11.7 Å². The van der Waals surface area contributed by atoms with Gasteiger partial charge in [-0.15, -0.1) is 0 Å². The van der Waals surface area contributed by atoms with Gasteiger partial charge in [0.25, 0.3) is 5.56 Å². The summed E-state index contributed by atoms with van der Waals surface area (Å²) in [6.07, 6.45) is 1.13. The Balaban J connectivity index is 1.96. The van der Waals surface area contributed by atoms with Gasteiger partial charge in [0.05, 0.1) is 7.11 Å². The van der Waals surface area contributed by atoms with Gasteiger partial charge in [0.1, 0.15) is 6.54 Å². The molecule has 0 fully saturated rings. The molecule has 0 saturated carbocycles. The first-order chi connectivity index (χ1) is 11.4. The summed E-state index contributed by atoms with van der Waals surface area (Å²) in [4.78, 5) is 47.8. The summed E-state index contributed by atoms with van der Waals surface area (Å²) >= 11 is 0. The molecule has 2 rings (SSSR count). The van der Waals surface area contributed by atoms with Crippen molar-refractivity contribution in [2.45, 2.75) is 6.54 Å². The summed E-state index contributed by atoms with van der Waals surface area (Å²) in [5.41, 5.74) is -1.35. The normalized spacial score (nSPS) is 10.2. The Morgan fingerprint density at radius 1 is 1.25 bits per heavy atom. The van der Waals surface area contributed by atoms with Gasteiger partial charge in [-0.05, 0) is 18.2 Å². The molecule has 24 heavy (non-hydrogen) atoms. The smallest absolute Gasteiger partial charge is 0.328 e. The van der Waals surface area contributed by atoms with Crippen molar-refractivity contribution in [2.75, 3.05) is 13.7 Å². The molecule has 9 heteroatoms. The van der Waals surface area contributed by atoms with Gasteiger partial charge in [-0.1, -0.05) is 0 Å². The molecule has 126 valence electrons. The first kappa shape index (κ1) is 17.1. The second-order valence-corrected chi connectivity index (χ2v) is 4.67. The maximum absolute atomic E-state index is 13.5. The average molecular weight is 336 g/mol. The lowest BCUT2D eigenvalue weighted by atomic mass is 10.1. The molecular formula is C15H13FN2O6. The van der Waals surface area contributed by atoms with Crippen LogP contribution in [0.15, 0.2) is 40.1 Å². The molecule has 0 saturated heterocycles. The van der Waals surface area contributed by atoms with E-state index < -0.39 is 42.0 Å². The van der Waals surface area contributed by atoms with E-state index in [9.17, 15) is 23.6 Å². The van der Waals surface area contributed by atoms with E-state index in [4.69, 9.17) is 9.47 Å². The van der Waals surface area contributed by atoms with Crippen LogP contribution in [-0.2, 0) is 16.1 Å². The van der Waals surface area contributed by atoms with Crippen LogP contribution in [0.5, 0.6) is 5.75 Å². The fourth-order valence-corrected chi connectivity index (χ4v) is 1.82. The number of carbonyl (C=O) groups excluding carboxylic acids is 2. The van der Waals surface area contributed by atoms with Gasteiger partial charge < -0.3 is 9.47 Å². The molecule has 0 atom stereocenters. The molecule has 1 heterocycles. The highest BCUT2D eigenvalue weighted by Gasteiger charge is 2.13. The van der Waals surface area contributed by atoms with Gasteiger partial charge in [-0.3, -0.25) is 23.9 Å². The predicted molar refractivity (Wildman–Crippen MR) is 79.6 cm³/mol. The molecule has 1 aromatic heterocycles. The minimum atomic E-state index is -0.855. The lowest BCUT2D eigenvalue weighted by Crippen LogP contribution is -2.31. The van der Waals surface area contributed by atoms with Crippen LogP contribution in [0.4, 0.5) is 4.39 Å². The maximum Gasteiger partial charge on any atom is 0.328 e. The van der Waals surface area contributed by atoms with E-state index in [0.29, 0.717) is 0 Å². The highest BCUT2D eigenvalue weighted by molar-refractivity contribution is 5.98. The van der Waals surface area contributed by atoms with E-state index in [0.717, 1.165) is 22.9 Å². The van der Waals surface area contributed by atoms with Gasteiger partial charge in [-0.25, -0.2) is 9.18 Å². The fourth-order valence-electron chi connectivity index (χ4n) is 1.82. The van der Waals surface area contributed by atoms with Crippen molar-refractivity contribution in [3.63, 3.8) is 0 Å². The van der Waals surface area contributed by atoms with E-state index in [1.54, 1.807) is 0 Å². The largest absolute Gasteiger partial charge is 0.494 e.